The summed E-state index contributed by atoms with van der Waals surface area (Å²) in [7, 11) is 1.86. The van der Waals surface area contributed by atoms with E-state index in [1.807, 2.05) is 14.0 Å². The molecule has 4 nitrogen and oxygen atoms in total. The molecule has 0 saturated carbocycles. The SMILES string of the molecule is CCOC(c1nc(O)cn1C)C(C)(C)C. The fraction of sp³-hybridized carbons (Fsp3) is 0.727. The highest BCUT2D eigenvalue weighted by atomic mass is 16.5. The van der Waals surface area contributed by atoms with Crippen LogP contribution in [-0.2, 0) is 11.8 Å². The maximum Gasteiger partial charge on any atom is 0.229 e. The molecule has 0 amide bonds. The van der Waals surface area contributed by atoms with Crippen LogP contribution in [0.1, 0.15) is 39.6 Å². The Morgan fingerprint density at radius 3 is 2.47 bits per heavy atom. The van der Waals surface area contributed by atoms with Gasteiger partial charge >= 0.3 is 0 Å². The molecule has 15 heavy (non-hydrogen) atoms. The van der Waals surface area contributed by atoms with E-state index < -0.39 is 0 Å². The van der Waals surface area contributed by atoms with Crippen LogP contribution in [0.5, 0.6) is 5.88 Å². The van der Waals surface area contributed by atoms with Gasteiger partial charge in [-0.2, -0.15) is 4.98 Å². The van der Waals surface area contributed by atoms with Crippen LogP contribution < -0.4 is 0 Å². The van der Waals surface area contributed by atoms with Gasteiger partial charge in [-0.25, -0.2) is 0 Å². The summed E-state index contributed by atoms with van der Waals surface area (Å²) >= 11 is 0. The van der Waals surface area contributed by atoms with Gasteiger partial charge in [-0.15, -0.1) is 0 Å². The summed E-state index contributed by atoms with van der Waals surface area (Å²) < 4.78 is 7.50. The Balaban J connectivity index is 3.04. The predicted octanol–water partition coefficient (Wildman–Crippen LogP) is 2.25. The molecule has 1 N–H and O–H groups in total. The maximum atomic E-state index is 9.33. The number of rotatable bonds is 3. The average Bonchev–Trinajstić information content (AvgIpc) is 2.39. The van der Waals surface area contributed by atoms with Crippen LogP contribution in [0, 0.1) is 5.41 Å². The smallest absolute Gasteiger partial charge is 0.229 e. The molecule has 0 aliphatic carbocycles. The summed E-state index contributed by atoms with van der Waals surface area (Å²) in [5.41, 5.74) is -0.0401. The van der Waals surface area contributed by atoms with Crippen molar-refractivity contribution in [3.05, 3.63) is 12.0 Å². The summed E-state index contributed by atoms with van der Waals surface area (Å²) in [5, 5.41) is 9.33. The Hall–Kier alpha value is -1.03. The average molecular weight is 212 g/mol. The molecule has 0 aliphatic rings. The Kier molecular flexibility index (Phi) is 3.39. The van der Waals surface area contributed by atoms with Crippen molar-refractivity contribution in [2.24, 2.45) is 12.5 Å². The summed E-state index contributed by atoms with van der Waals surface area (Å²) in [6, 6.07) is 0. The maximum absolute atomic E-state index is 9.33. The van der Waals surface area contributed by atoms with Gasteiger partial charge in [0.25, 0.3) is 0 Å². The largest absolute Gasteiger partial charge is 0.492 e. The molecule has 0 spiro atoms. The van der Waals surface area contributed by atoms with Crippen molar-refractivity contribution in [3.63, 3.8) is 0 Å². The van der Waals surface area contributed by atoms with Gasteiger partial charge in [0.05, 0.1) is 6.20 Å². The van der Waals surface area contributed by atoms with Gasteiger partial charge in [0.2, 0.25) is 5.88 Å². The number of hydrogen-bond acceptors (Lipinski definition) is 3. The molecule has 0 bridgehead atoms. The lowest BCUT2D eigenvalue weighted by Crippen LogP contribution is -2.24. The molecule has 0 aliphatic heterocycles. The minimum Gasteiger partial charge on any atom is -0.492 e. The lowest BCUT2D eigenvalue weighted by atomic mass is 9.88. The van der Waals surface area contributed by atoms with Gasteiger partial charge in [-0.1, -0.05) is 20.8 Å². The molecule has 1 atom stereocenters. The molecular weight excluding hydrogens is 192 g/mol. The van der Waals surface area contributed by atoms with Crippen LogP contribution in [0.2, 0.25) is 0 Å². The van der Waals surface area contributed by atoms with Gasteiger partial charge in [0.1, 0.15) is 11.9 Å². The fourth-order valence-corrected chi connectivity index (χ4v) is 1.59. The van der Waals surface area contributed by atoms with Crippen LogP contribution in [0.4, 0.5) is 0 Å². The quantitative estimate of drug-likeness (QED) is 0.836. The number of hydrogen-bond donors (Lipinski definition) is 1. The molecule has 0 saturated heterocycles. The van der Waals surface area contributed by atoms with Crippen LogP contribution in [-0.4, -0.2) is 21.3 Å². The van der Waals surface area contributed by atoms with Crippen molar-refractivity contribution in [2.75, 3.05) is 6.61 Å². The number of aryl methyl sites for hydroxylation is 1. The summed E-state index contributed by atoms with van der Waals surface area (Å²) in [6.07, 6.45) is 1.49. The topological polar surface area (TPSA) is 47.3 Å². The Labute approximate surface area is 90.9 Å². The third-order valence-corrected chi connectivity index (χ3v) is 2.25. The first-order valence-electron chi connectivity index (χ1n) is 5.20. The lowest BCUT2D eigenvalue weighted by Gasteiger charge is -2.29. The van der Waals surface area contributed by atoms with Gasteiger partial charge in [0.15, 0.2) is 0 Å². The van der Waals surface area contributed by atoms with Crippen molar-refractivity contribution in [1.82, 2.24) is 9.55 Å². The van der Waals surface area contributed by atoms with Crippen molar-refractivity contribution < 1.29 is 9.84 Å². The van der Waals surface area contributed by atoms with Crippen LogP contribution in [0.15, 0.2) is 6.20 Å². The normalized spacial score (nSPS) is 14.2. The molecule has 1 aromatic heterocycles. The zero-order chi connectivity index (χ0) is 11.6. The van der Waals surface area contributed by atoms with Crippen LogP contribution in [0.25, 0.3) is 0 Å². The van der Waals surface area contributed by atoms with Gasteiger partial charge in [0, 0.05) is 13.7 Å². The second-order valence-corrected chi connectivity index (χ2v) is 4.77. The van der Waals surface area contributed by atoms with E-state index in [0.717, 1.165) is 5.82 Å². The van der Waals surface area contributed by atoms with E-state index in [1.54, 1.807) is 10.8 Å². The van der Waals surface area contributed by atoms with E-state index in [2.05, 4.69) is 25.8 Å². The highest BCUT2D eigenvalue weighted by Gasteiger charge is 2.30. The van der Waals surface area contributed by atoms with E-state index in [1.165, 1.54) is 0 Å². The number of ether oxygens (including phenoxy) is 1. The first-order valence-corrected chi connectivity index (χ1v) is 5.20. The molecule has 0 radical (unpaired) electrons. The zero-order valence-corrected chi connectivity index (χ0v) is 10.1. The Morgan fingerprint density at radius 2 is 2.13 bits per heavy atom. The molecule has 86 valence electrons. The second-order valence-electron chi connectivity index (χ2n) is 4.77. The first-order chi connectivity index (χ1) is 6.86. The minimum atomic E-state index is -0.103. The van der Waals surface area contributed by atoms with E-state index in [-0.39, 0.29) is 17.4 Å². The number of imidazole rings is 1. The minimum absolute atomic E-state index is 0.0401. The molecule has 1 unspecified atom stereocenters. The van der Waals surface area contributed by atoms with Crippen molar-refractivity contribution >= 4 is 0 Å². The summed E-state index contributed by atoms with van der Waals surface area (Å²) in [4.78, 5) is 4.09. The second kappa shape index (κ2) is 4.23. The summed E-state index contributed by atoms with van der Waals surface area (Å²) in [5.74, 6) is 0.809. The lowest BCUT2D eigenvalue weighted by molar-refractivity contribution is -0.0208. The molecule has 0 fully saturated rings. The number of aromatic nitrogens is 2. The van der Waals surface area contributed by atoms with Gasteiger partial charge in [-0.3, -0.25) is 0 Å². The van der Waals surface area contributed by atoms with Gasteiger partial charge < -0.3 is 14.4 Å². The van der Waals surface area contributed by atoms with E-state index in [0.29, 0.717) is 6.61 Å². The van der Waals surface area contributed by atoms with Crippen LogP contribution >= 0.6 is 0 Å². The molecule has 1 rings (SSSR count). The Morgan fingerprint density at radius 1 is 1.53 bits per heavy atom. The van der Waals surface area contributed by atoms with E-state index in [4.69, 9.17) is 4.74 Å². The zero-order valence-electron chi connectivity index (χ0n) is 10.1. The van der Waals surface area contributed by atoms with Gasteiger partial charge in [-0.05, 0) is 12.3 Å². The van der Waals surface area contributed by atoms with Crippen molar-refractivity contribution in [1.29, 1.82) is 0 Å². The molecule has 1 aromatic rings. The number of aromatic hydroxyl groups is 1. The highest BCUT2D eigenvalue weighted by Crippen LogP contribution is 2.35. The third kappa shape index (κ3) is 2.72. The van der Waals surface area contributed by atoms with Crippen molar-refractivity contribution in [2.45, 2.75) is 33.8 Å². The van der Waals surface area contributed by atoms with E-state index in [9.17, 15) is 5.11 Å². The molecular formula is C11H20N2O2. The third-order valence-electron chi connectivity index (χ3n) is 2.25. The molecule has 1 heterocycles. The fourth-order valence-electron chi connectivity index (χ4n) is 1.59. The monoisotopic (exact) mass is 212 g/mol. The molecule has 4 heteroatoms. The Bertz CT molecular complexity index is 326. The summed E-state index contributed by atoms with van der Waals surface area (Å²) in [6.45, 7) is 8.88. The standard InChI is InChI=1S/C11H20N2O2/c1-6-15-9(11(2,3)4)10-12-8(14)7-13(10)5/h7,9,14H,6H2,1-5H3. The van der Waals surface area contributed by atoms with Crippen LogP contribution in [0.3, 0.4) is 0 Å². The molecule has 0 aromatic carbocycles. The number of nitrogens with zero attached hydrogens (tertiary/aromatic N) is 2. The predicted molar refractivity (Wildman–Crippen MR) is 58.7 cm³/mol. The highest BCUT2D eigenvalue weighted by molar-refractivity contribution is 5.11. The van der Waals surface area contributed by atoms with Crippen molar-refractivity contribution in [3.8, 4) is 5.88 Å². The van der Waals surface area contributed by atoms with E-state index >= 15 is 0 Å². The first kappa shape index (κ1) is 12.0.